The first-order valence-electron chi connectivity index (χ1n) is 8.15. The summed E-state index contributed by atoms with van der Waals surface area (Å²) in [6.45, 7) is 2.57. The molecule has 0 aliphatic carbocycles. The normalized spacial score (nSPS) is 16.9. The van der Waals surface area contributed by atoms with E-state index in [4.69, 9.17) is 4.42 Å². The molecule has 1 N–H and O–H groups in total. The Kier molecular flexibility index (Phi) is 4.26. The molecule has 26 heavy (non-hydrogen) atoms. The van der Waals surface area contributed by atoms with E-state index < -0.39 is 0 Å². The second-order valence-corrected chi connectivity index (χ2v) is 7.13. The van der Waals surface area contributed by atoms with E-state index in [0.29, 0.717) is 18.1 Å². The van der Waals surface area contributed by atoms with Crippen molar-refractivity contribution in [2.75, 3.05) is 16.8 Å². The van der Waals surface area contributed by atoms with Crippen molar-refractivity contribution in [2.45, 2.75) is 19.3 Å². The predicted molar refractivity (Wildman–Crippen MR) is 97.5 cm³/mol. The topological polar surface area (TPSA) is 88.3 Å². The monoisotopic (exact) mass is 368 g/mol. The van der Waals surface area contributed by atoms with Gasteiger partial charge in [0.25, 0.3) is 5.91 Å². The highest BCUT2D eigenvalue weighted by Gasteiger charge is 2.34. The highest BCUT2D eigenvalue weighted by molar-refractivity contribution is 7.15. The number of hydrogen-bond acceptors (Lipinski definition) is 6. The summed E-state index contributed by atoms with van der Waals surface area (Å²) in [5.41, 5.74) is 2.04. The SMILES string of the molecule is Cc1ccc(N2C[C@@H](c3nnc(NC(=O)c4ccco4)s3)CC2=O)cc1. The van der Waals surface area contributed by atoms with Gasteiger partial charge >= 0.3 is 0 Å². The van der Waals surface area contributed by atoms with Gasteiger partial charge in [-0.25, -0.2) is 0 Å². The predicted octanol–water partition coefficient (Wildman–Crippen LogP) is 3.21. The van der Waals surface area contributed by atoms with Crippen LogP contribution < -0.4 is 10.2 Å². The van der Waals surface area contributed by atoms with E-state index in [1.807, 2.05) is 31.2 Å². The molecule has 0 unspecified atom stereocenters. The maximum absolute atomic E-state index is 12.4. The summed E-state index contributed by atoms with van der Waals surface area (Å²) in [6, 6.07) is 11.1. The lowest BCUT2D eigenvalue weighted by atomic mass is 10.1. The van der Waals surface area contributed by atoms with E-state index in [-0.39, 0.29) is 23.5 Å². The van der Waals surface area contributed by atoms with Crippen LogP contribution in [0.15, 0.2) is 47.1 Å². The van der Waals surface area contributed by atoms with Crippen LogP contribution in [-0.2, 0) is 4.79 Å². The Morgan fingerprint density at radius 1 is 1.27 bits per heavy atom. The van der Waals surface area contributed by atoms with Crippen LogP contribution in [0.5, 0.6) is 0 Å². The summed E-state index contributed by atoms with van der Waals surface area (Å²) >= 11 is 1.28. The molecule has 3 aromatic rings. The van der Waals surface area contributed by atoms with Crippen molar-refractivity contribution in [3.05, 3.63) is 59.0 Å². The Morgan fingerprint density at radius 3 is 2.81 bits per heavy atom. The Morgan fingerprint density at radius 2 is 2.08 bits per heavy atom. The summed E-state index contributed by atoms with van der Waals surface area (Å²) in [5.74, 6) is -0.129. The molecule has 0 spiro atoms. The van der Waals surface area contributed by atoms with E-state index in [2.05, 4.69) is 15.5 Å². The van der Waals surface area contributed by atoms with E-state index in [9.17, 15) is 9.59 Å². The van der Waals surface area contributed by atoms with Crippen molar-refractivity contribution in [3.8, 4) is 0 Å². The van der Waals surface area contributed by atoms with Crippen molar-refractivity contribution >= 4 is 34.0 Å². The number of carbonyl (C=O) groups is 2. The summed E-state index contributed by atoms with van der Waals surface area (Å²) in [6.07, 6.45) is 1.82. The van der Waals surface area contributed by atoms with Crippen molar-refractivity contribution in [1.82, 2.24) is 10.2 Å². The van der Waals surface area contributed by atoms with Crippen LogP contribution >= 0.6 is 11.3 Å². The van der Waals surface area contributed by atoms with Gasteiger partial charge in [0, 0.05) is 24.6 Å². The molecule has 0 saturated carbocycles. The molecule has 8 heteroatoms. The van der Waals surface area contributed by atoms with E-state index in [1.165, 1.54) is 17.6 Å². The Labute approximate surface area is 153 Å². The molecular weight excluding hydrogens is 352 g/mol. The molecule has 7 nitrogen and oxygen atoms in total. The highest BCUT2D eigenvalue weighted by atomic mass is 32.1. The van der Waals surface area contributed by atoms with Gasteiger partial charge in [-0.1, -0.05) is 29.0 Å². The van der Waals surface area contributed by atoms with E-state index >= 15 is 0 Å². The van der Waals surface area contributed by atoms with Crippen molar-refractivity contribution in [3.63, 3.8) is 0 Å². The number of anilines is 2. The quantitative estimate of drug-likeness (QED) is 0.764. The molecular formula is C18H16N4O3S. The van der Waals surface area contributed by atoms with Crippen LogP contribution in [0.4, 0.5) is 10.8 Å². The van der Waals surface area contributed by atoms with Crippen LogP contribution in [0, 0.1) is 6.92 Å². The van der Waals surface area contributed by atoms with E-state index in [0.717, 1.165) is 16.3 Å². The maximum Gasteiger partial charge on any atom is 0.293 e. The molecule has 4 rings (SSSR count). The number of carbonyl (C=O) groups excluding carboxylic acids is 2. The first kappa shape index (κ1) is 16.5. The maximum atomic E-state index is 12.4. The Bertz CT molecular complexity index is 934. The first-order valence-corrected chi connectivity index (χ1v) is 8.97. The molecule has 2 amide bonds. The van der Waals surface area contributed by atoms with Gasteiger partial charge in [-0.2, -0.15) is 0 Å². The summed E-state index contributed by atoms with van der Waals surface area (Å²) < 4.78 is 5.05. The van der Waals surface area contributed by atoms with Crippen LogP contribution in [0.25, 0.3) is 0 Å². The van der Waals surface area contributed by atoms with E-state index in [1.54, 1.807) is 17.0 Å². The molecule has 2 aromatic heterocycles. The molecule has 132 valence electrons. The molecule has 1 aliphatic heterocycles. The number of aryl methyl sites for hydroxylation is 1. The largest absolute Gasteiger partial charge is 0.459 e. The lowest BCUT2D eigenvalue weighted by molar-refractivity contribution is -0.117. The molecule has 0 bridgehead atoms. The number of aromatic nitrogens is 2. The molecule has 1 aliphatic rings. The zero-order valence-electron chi connectivity index (χ0n) is 14.0. The van der Waals surface area contributed by atoms with Crippen LogP contribution in [-0.4, -0.2) is 28.6 Å². The lowest BCUT2D eigenvalue weighted by Crippen LogP contribution is -2.24. The van der Waals surface area contributed by atoms with Crippen molar-refractivity contribution in [1.29, 1.82) is 0 Å². The Balaban J connectivity index is 1.45. The van der Waals surface area contributed by atoms with Gasteiger partial charge in [0.05, 0.1) is 6.26 Å². The number of hydrogen-bond donors (Lipinski definition) is 1. The average molecular weight is 368 g/mol. The summed E-state index contributed by atoms with van der Waals surface area (Å²) in [4.78, 5) is 26.1. The second kappa shape index (κ2) is 6.72. The minimum Gasteiger partial charge on any atom is -0.459 e. The number of benzene rings is 1. The lowest BCUT2D eigenvalue weighted by Gasteiger charge is -2.16. The van der Waals surface area contributed by atoms with Gasteiger partial charge in [-0.05, 0) is 31.2 Å². The van der Waals surface area contributed by atoms with Crippen LogP contribution in [0.2, 0.25) is 0 Å². The van der Waals surface area contributed by atoms with Gasteiger partial charge < -0.3 is 9.32 Å². The molecule has 1 aromatic carbocycles. The number of furan rings is 1. The fourth-order valence-corrected chi connectivity index (χ4v) is 3.69. The van der Waals surface area contributed by atoms with Gasteiger partial charge in [0.1, 0.15) is 5.01 Å². The van der Waals surface area contributed by atoms with Gasteiger partial charge in [-0.15, -0.1) is 10.2 Å². The summed E-state index contributed by atoms with van der Waals surface area (Å²) in [7, 11) is 0. The standard InChI is InChI=1S/C18H16N4O3S/c1-11-4-6-13(7-5-11)22-10-12(9-15(22)23)17-20-21-18(26-17)19-16(24)14-3-2-8-25-14/h2-8,12H,9-10H2,1H3,(H,19,21,24)/t12-/m0/s1. The molecule has 1 saturated heterocycles. The molecule has 1 atom stereocenters. The third-order valence-electron chi connectivity index (χ3n) is 4.23. The first-order chi connectivity index (χ1) is 12.6. The molecule has 3 heterocycles. The third-order valence-corrected chi connectivity index (χ3v) is 5.23. The smallest absolute Gasteiger partial charge is 0.293 e. The van der Waals surface area contributed by atoms with Crippen molar-refractivity contribution < 1.29 is 14.0 Å². The molecule has 1 fully saturated rings. The molecule has 0 radical (unpaired) electrons. The minimum absolute atomic E-state index is 0.0319. The number of rotatable bonds is 4. The van der Waals surface area contributed by atoms with Gasteiger partial charge in [0.2, 0.25) is 11.0 Å². The zero-order valence-corrected chi connectivity index (χ0v) is 14.8. The zero-order chi connectivity index (χ0) is 18.1. The average Bonchev–Trinajstić information content (AvgIpc) is 3.36. The van der Waals surface area contributed by atoms with Crippen LogP contribution in [0.1, 0.15) is 33.5 Å². The number of nitrogens with zero attached hydrogens (tertiary/aromatic N) is 3. The second-order valence-electron chi connectivity index (χ2n) is 6.12. The summed E-state index contributed by atoms with van der Waals surface area (Å²) in [5, 5.41) is 12.0. The third kappa shape index (κ3) is 3.23. The fraction of sp³-hybridized carbons (Fsp3) is 0.222. The van der Waals surface area contributed by atoms with Gasteiger partial charge in [-0.3, -0.25) is 14.9 Å². The highest BCUT2D eigenvalue weighted by Crippen LogP contribution is 2.34. The van der Waals surface area contributed by atoms with Crippen molar-refractivity contribution in [2.24, 2.45) is 0 Å². The Hall–Kier alpha value is -3.00. The number of amides is 2. The fourth-order valence-electron chi connectivity index (χ4n) is 2.86. The number of nitrogens with one attached hydrogen (secondary N) is 1. The minimum atomic E-state index is -0.374. The van der Waals surface area contributed by atoms with Gasteiger partial charge in [0.15, 0.2) is 5.76 Å². The van der Waals surface area contributed by atoms with Crippen LogP contribution in [0.3, 0.4) is 0 Å².